The van der Waals surface area contributed by atoms with Crippen molar-refractivity contribution in [2.75, 3.05) is 0 Å². The van der Waals surface area contributed by atoms with Gasteiger partial charge in [0.2, 0.25) is 0 Å². The monoisotopic (exact) mass is 474 g/mol. The Labute approximate surface area is 165 Å². The summed E-state index contributed by atoms with van der Waals surface area (Å²) in [5.41, 5.74) is 2.79. The smallest absolute Gasteiger partial charge is 0.276 e. The molecule has 1 aromatic rings. The van der Waals surface area contributed by atoms with Crippen LogP contribution in [0.3, 0.4) is 0 Å². The predicted molar refractivity (Wildman–Crippen MR) is 91.8 cm³/mol. The molecule has 0 spiro atoms. The summed E-state index contributed by atoms with van der Waals surface area (Å²) in [5.74, 6) is 0. The van der Waals surface area contributed by atoms with Crippen molar-refractivity contribution >= 4 is 15.9 Å². The Morgan fingerprint density at radius 3 is 2.61 bits per heavy atom. The van der Waals surface area contributed by atoms with Crippen LogP contribution >= 0.6 is 15.9 Å². The van der Waals surface area contributed by atoms with Crippen molar-refractivity contribution in [1.29, 1.82) is 0 Å². The molecule has 0 fully saturated rings. The zero-order valence-electron chi connectivity index (χ0n) is 14.3. The fraction of sp³-hybridized carbons (Fsp3) is 0.412. The summed E-state index contributed by atoms with van der Waals surface area (Å²) in [7, 11) is 0. The van der Waals surface area contributed by atoms with Crippen LogP contribution in [0.5, 0.6) is 0 Å². The summed E-state index contributed by atoms with van der Waals surface area (Å²) >= 11 is 3.32. The Balaban J connectivity index is 2.05. The number of nitrogens with one attached hydrogen (secondary N) is 1. The van der Waals surface area contributed by atoms with Crippen LogP contribution in [-0.2, 0) is 11.3 Å². The Morgan fingerprint density at radius 2 is 2.04 bits per heavy atom. The van der Waals surface area contributed by atoms with Gasteiger partial charge in [-0.15, -0.1) is 0 Å². The van der Waals surface area contributed by atoms with Gasteiger partial charge in [0.25, 0.3) is 0 Å². The molecule has 11 heteroatoms. The maximum absolute atomic E-state index is 13.1. The summed E-state index contributed by atoms with van der Waals surface area (Å²) in [6, 6.07) is 4.85. The fourth-order valence-corrected chi connectivity index (χ4v) is 3.20. The second kappa shape index (κ2) is 8.95. The molecule has 1 aliphatic carbocycles. The van der Waals surface area contributed by atoms with Crippen LogP contribution in [0.2, 0.25) is 0 Å². The van der Waals surface area contributed by atoms with Crippen LogP contribution in [0.1, 0.15) is 30.0 Å². The third kappa shape index (κ3) is 6.05. The largest absolute Gasteiger partial charge is 0.417 e. The molecule has 0 aromatic heterocycles. The highest BCUT2D eigenvalue weighted by Crippen LogP contribution is 2.34. The van der Waals surface area contributed by atoms with E-state index < -0.39 is 36.5 Å². The van der Waals surface area contributed by atoms with Crippen molar-refractivity contribution in [2.24, 2.45) is 0 Å². The maximum Gasteiger partial charge on any atom is 0.417 e. The van der Waals surface area contributed by atoms with E-state index in [0.717, 1.165) is 15.6 Å². The molecule has 28 heavy (non-hydrogen) atoms. The van der Waals surface area contributed by atoms with E-state index in [2.05, 4.69) is 32.8 Å². The van der Waals surface area contributed by atoms with E-state index in [1.807, 2.05) is 6.07 Å². The first kappa shape index (κ1) is 22.9. The number of halogens is 7. The molecule has 1 aliphatic rings. The second-order valence-corrected chi connectivity index (χ2v) is 6.98. The van der Waals surface area contributed by atoms with Gasteiger partial charge in [0.15, 0.2) is 6.10 Å². The Hall–Kier alpha value is -1.40. The molecule has 2 atom stereocenters. The number of hydrazine groups is 1. The third-order valence-corrected chi connectivity index (χ3v) is 4.63. The molecule has 0 saturated carbocycles. The highest BCUT2D eigenvalue weighted by atomic mass is 79.9. The number of hydrogen-bond acceptors (Lipinski definition) is 4. The number of hydrogen-bond donors (Lipinski definition) is 2. The SMILES string of the molecule is C=C/C(=C\CC(ON(O)NC1CCc2cc(Br)ccc21)C(F)(F)F)C(F)(F)F. The highest BCUT2D eigenvalue weighted by molar-refractivity contribution is 9.10. The van der Waals surface area contributed by atoms with Crippen LogP contribution in [0.15, 0.2) is 47.0 Å². The normalized spacial score (nSPS) is 19.0. The lowest BCUT2D eigenvalue weighted by Gasteiger charge is -2.26. The van der Waals surface area contributed by atoms with E-state index in [9.17, 15) is 31.5 Å². The molecular formula is C17H17BrF6N2O2. The fourth-order valence-electron chi connectivity index (χ4n) is 2.79. The van der Waals surface area contributed by atoms with E-state index in [0.29, 0.717) is 25.0 Å². The first-order valence-corrected chi connectivity index (χ1v) is 8.88. The summed E-state index contributed by atoms with van der Waals surface area (Å²) in [5, 5.41) is 9.55. The molecule has 0 aliphatic heterocycles. The first-order valence-electron chi connectivity index (χ1n) is 8.08. The zero-order chi connectivity index (χ0) is 21.1. The van der Waals surface area contributed by atoms with E-state index in [1.165, 1.54) is 0 Å². The summed E-state index contributed by atoms with van der Waals surface area (Å²) in [6.45, 7) is 2.94. The lowest BCUT2D eigenvalue weighted by Crippen LogP contribution is -2.44. The number of rotatable bonds is 7. The Bertz CT molecular complexity index is 735. The molecule has 2 rings (SSSR count). The minimum Gasteiger partial charge on any atom is -0.276 e. The second-order valence-electron chi connectivity index (χ2n) is 6.07. The van der Waals surface area contributed by atoms with Gasteiger partial charge < -0.3 is 0 Å². The van der Waals surface area contributed by atoms with Gasteiger partial charge in [-0.3, -0.25) is 5.21 Å². The topological polar surface area (TPSA) is 44.7 Å². The highest BCUT2D eigenvalue weighted by Gasteiger charge is 2.43. The minimum atomic E-state index is -5.00. The molecule has 0 heterocycles. The number of alkyl halides is 6. The maximum atomic E-state index is 13.1. The number of aryl methyl sites for hydroxylation is 1. The lowest BCUT2D eigenvalue weighted by atomic mass is 10.1. The van der Waals surface area contributed by atoms with Gasteiger partial charge in [-0.05, 0) is 36.1 Å². The standard InChI is InChI=1S/C17H17BrF6N2O2/c1-2-11(16(19,20)21)4-8-15(17(22,23)24)28-26(27)25-14-7-3-10-9-12(18)5-6-13(10)14/h2,4-6,9,14-15,25,27H,1,3,7-8H2/b11-4+. The summed E-state index contributed by atoms with van der Waals surface area (Å²) < 4.78 is 78.0. The van der Waals surface area contributed by atoms with Crippen LogP contribution in [0.4, 0.5) is 26.3 Å². The molecule has 0 saturated heterocycles. The molecule has 2 N–H and O–H groups in total. The van der Waals surface area contributed by atoms with Crippen LogP contribution in [0.25, 0.3) is 0 Å². The number of nitrogens with zero attached hydrogens (tertiary/aromatic N) is 1. The molecule has 4 nitrogen and oxygen atoms in total. The van der Waals surface area contributed by atoms with Crippen molar-refractivity contribution in [2.45, 2.75) is 43.8 Å². The quantitative estimate of drug-likeness (QED) is 0.308. The van der Waals surface area contributed by atoms with Gasteiger partial charge in [0.05, 0.1) is 11.6 Å². The third-order valence-electron chi connectivity index (χ3n) is 4.14. The lowest BCUT2D eigenvalue weighted by molar-refractivity contribution is -0.424. The van der Waals surface area contributed by atoms with Gasteiger partial charge in [0.1, 0.15) is 0 Å². The van der Waals surface area contributed by atoms with Crippen LogP contribution < -0.4 is 5.43 Å². The van der Waals surface area contributed by atoms with Crippen LogP contribution in [0, 0.1) is 0 Å². The first-order chi connectivity index (χ1) is 12.9. The molecule has 0 bridgehead atoms. The van der Waals surface area contributed by atoms with Crippen molar-refractivity contribution in [3.05, 3.63) is 58.1 Å². The van der Waals surface area contributed by atoms with E-state index in [4.69, 9.17) is 0 Å². The molecule has 2 unspecified atom stereocenters. The molecule has 0 radical (unpaired) electrons. The van der Waals surface area contributed by atoms with E-state index in [1.54, 1.807) is 12.1 Å². The van der Waals surface area contributed by atoms with Crippen molar-refractivity contribution in [3.8, 4) is 0 Å². The average Bonchev–Trinajstić information content (AvgIpc) is 2.94. The average molecular weight is 475 g/mol. The van der Waals surface area contributed by atoms with Gasteiger partial charge >= 0.3 is 12.4 Å². The van der Waals surface area contributed by atoms with Gasteiger partial charge in [0, 0.05) is 16.2 Å². The van der Waals surface area contributed by atoms with Gasteiger partial charge in [-0.25, -0.2) is 4.84 Å². The predicted octanol–water partition coefficient (Wildman–Crippen LogP) is 5.56. The zero-order valence-corrected chi connectivity index (χ0v) is 15.9. The number of benzene rings is 1. The van der Waals surface area contributed by atoms with Crippen LogP contribution in [-0.4, -0.2) is 29.0 Å². The van der Waals surface area contributed by atoms with E-state index >= 15 is 0 Å². The minimum absolute atomic E-state index is 0.186. The molecule has 1 aromatic carbocycles. The van der Waals surface area contributed by atoms with Gasteiger partial charge in [-0.2, -0.15) is 31.8 Å². The molecule has 0 amide bonds. The molecule has 156 valence electrons. The molecular weight excluding hydrogens is 458 g/mol. The number of allylic oxidation sites excluding steroid dienone is 2. The summed E-state index contributed by atoms with van der Waals surface area (Å²) in [6.07, 6.45) is -11.8. The Kier molecular flexibility index (Phi) is 7.32. The Morgan fingerprint density at radius 1 is 1.36 bits per heavy atom. The van der Waals surface area contributed by atoms with E-state index in [-0.39, 0.29) is 5.34 Å². The van der Waals surface area contributed by atoms with Crippen molar-refractivity contribution in [1.82, 2.24) is 10.8 Å². The van der Waals surface area contributed by atoms with Crippen molar-refractivity contribution in [3.63, 3.8) is 0 Å². The van der Waals surface area contributed by atoms with Crippen molar-refractivity contribution < 1.29 is 36.4 Å². The summed E-state index contributed by atoms with van der Waals surface area (Å²) in [4.78, 5) is 4.42. The number of fused-ring (bicyclic) bond motifs is 1. The van der Waals surface area contributed by atoms with Gasteiger partial charge in [-0.1, -0.05) is 40.7 Å².